The van der Waals surface area contributed by atoms with Crippen molar-refractivity contribution in [2.24, 2.45) is 0 Å². The zero-order valence-corrected chi connectivity index (χ0v) is 17.2. The Kier molecular flexibility index (Phi) is 5.79. The molecule has 4 rings (SSSR count). The van der Waals surface area contributed by atoms with Gasteiger partial charge in [-0.15, -0.1) is 0 Å². The molecule has 1 aliphatic rings. The number of halogens is 1. The number of nitrogens with one attached hydrogen (secondary N) is 2. The molecule has 1 heterocycles. The second kappa shape index (κ2) is 8.65. The summed E-state index contributed by atoms with van der Waals surface area (Å²) in [6, 6.07) is 14.0. The van der Waals surface area contributed by atoms with Gasteiger partial charge in [0.15, 0.2) is 0 Å². The van der Waals surface area contributed by atoms with Gasteiger partial charge in [0, 0.05) is 37.1 Å². The Morgan fingerprint density at radius 1 is 0.967 bits per heavy atom. The van der Waals surface area contributed by atoms with Crippen molar-refractivity contribution in [1.29, 1.82) is 0 Å². The Morgan fingerprint density at radius 3 is 2.33 bits per heavy atom. The van der Waals surface area contributed by atoms with E-state index in [-0.39, 0.29) is 23.8 Å². The molecule has 2 N–H and O–H groups in total. The first-order valence-electron chi connectivity index (χ1n) is 10.3. The van der Waals surface area contributed by atoms with Gasteiger partial charge in [0.2, 0.25) is 5.95 Å². The number of para-hydroxylation sites is 1. The standard InChI is InChI=1S/C23H26FN5O/c1-29(2)21-19-5-3-4-6-20(19)27-23(28-21)26-18-13-11-17(12-14-18)25-22(30)15-7-9-16(24)10-8-15/h3-10,17-18H,11-14H2,1-2H3,(H,25,30)(H,26,27,28)/t17-,18+. The van der Waals surface area contributed by atoms with Crippen LogP contribution < -0.4 is 15.5 Å². The predicted octanol–water partition coefficient (Wildman–Crippen LogP) is 3.99. The quantitative estimate of drug-likeness (QED) is 0.669. The number of benzene rings is 2. The summed E-state index contributed by atoms with van der Waals surface area (Å²) >= 11 is 0. The van der Waals surface area contributed by atoms with Crippen LogP contribution in [0.4, 0.5) is 16.2 Å². The fourth-order valence-electron chi connectivity index (χ4n) is 3.90. The zero-order valence-electron chi connectivity index (χ0n) is 17.2. The maximum atomic E-state index is 13.0. The van der Waals surface area contributed by atoms with E-state index in [9.17, 15) is 9.18 Å². The maximum absolute atomic E-state index is 13.0. The van der Waals surface area contributed by atoms with Crippen LogP contribution in [0, 0.1) is 5.82 Å². The molecule has 2 aromatic carbocycles. The number of fused-ring (bicyclic) bond motifs is 1. The molecule has 0 spiro atoms. The minimum absolute atomic E-state index is 0.121. The Labute approximate surface area is 175 Å². The average Bonchev–Trinajstić information content (AvgIpc) is 2.75. The molecule has 30 heavy (non-hydrogen) atoms. The summed E-state index contributed by atoms with van der Waals surface area (Å²) in [4.78, 5) is 23.7. The number of aromatic nitrogens is 2. The first-order valence-corrected chi connectivity index (χ1v) is 10.3. The number of carbonyl (C=O) groups excluding carboxylic acids is 1. The summed E-state index contributed by atoms with van der Waals surface area (Å²) in [7, 11) is 3.96. The van der Waals surface area contributed by atoms with Crippen molar-refractivity contribution >= 4 is 28.6 Å². The van der Waals surface area contributed by atoms with Crippen molar-refractivity contribution < 1.29 is 9.18 Å². The summed E-state index contributed by atoms with van der Waals surface area (Å²) in [5, 5.41) is 7.56. The third-order valence-electron chi connectivity index (χ3n) is 5.51. The topological polar surface area (TPSA) is 70.2 Å². The van der Waals surface area contributed by atoms with Crippen LogP contribution in [0.15, 0.2) is 48.5 Å². The van der Waals surface area contributed by atoms with E-state index in [4.69, 9.17) is 4.98 Å². The van der Waals surface area contributed by atoms with Gasteiger partial charge in [-0.25, -0.2) is 9.37 Å². The molecule has 0 saturated heterocycles. The molecule has 1 fully saturated rings. The van der Waals surface area contributed by atoms with Crippen LogP contribution in [-0.2, 0) is 0 Å². The van der Waals surface area contributed by atoms with E-state index >= 15 is 0 Å². The van der Waals surface area contributed by atoms with Crippen LogP contribution in [0.3, 0.4) is 0 Å². The highest BCUT2D eigenvalue weighted by Gasteiger charge is 2.23. The Balaban J connectivity index is 1.37. The molecule has 0 radical (unpaired) electrons. The number of rotatable bonds is 5. The van der Waals surface area contributed by atoms with Crippen molar-refractivity contribution in [3.63, 3.8) is 0 Å². The Morgan fingerprint density at radius 2 is 1.63 bits per heavy atom. The third kappa shape index (κ3) is 4.50. The van der Waals surface area contributed by atoms with E-state index < -0.39 is 0 Å². The average molecular weight is 407 g/mol. The lowest BCUT2D eigenvalue weighted by Crippen LogP contribution is -2.40. The fourth-order valence-corrected chi connectivity index (χ4v) is 3.90. The summed E-state index contributed by atoms with van der Waals surface area (Å²) in [5.41, 5.74) is 1.40. The molecule has 1 aromatic heterocycles. The van der Waals surface area contributed by atoms with Crippen molar-refractivity contribution in [1.82, 2.24) is 15.3 Å². The van der Waals surface area contributed by atoms with Crippen LogP contribution in [-0.4, -0.2) is 42.1 Å². The van der Waals surface area contributed by atoms with E-state index in [1.54, 1.807) is 0 Å². The molecule has 3 aromatic rings. The van der Waals surface area contributed by atoms with Crippen LogP contribution >= 0.6 is 0 Å². The zero-order chi connectivity index (χ0) is 21.1. The summed E-state index contributed by atoms with van der Waals surface area (Å²) in [6.45, 7) is 0. The van der Waals surface area contributed by atoms with Gasteiger partial charge in [-0.2, -0.15) is 4.98 Å². The second-order valence-electron chi connectivity index (χ2n) is 7.96. The molecular weight excluding hydrogens is 381 g/mol. The van der Waals surface area contributed by atoms with Gasteiger partial charge < -0.3 is 15.5 Å². The van der Waals surface area contributed by atoms with E-state index in [2.05, 4.69) is 15.6 Å². The number of amides is 1. The SMILES string of the molecule is CN(C)c1nc(N[C@H]2CC[C@@H](NC(=O)c3ccc(F)cc3)CC2)nc2ccccc12. The smallest absolute Gasteiger partial charge is 0.251 e. The number of carbonyl (C=O) groups is 1. The molecule has 7 heteroatoms. The van der Waals surface area contributed by atoms with E-state index in [0.717, 1.165) is 42.4 Å². The van der Waals surface area contributed by atoms with Crippen LogP contribution in [0.5, 0.6) is 0 Å². The highest BCUT2D eigenvalue weighted by atomic mass is 19.1. The largest absolute Gasteiger partial charge is 0.362 e. The maximum Gasteiger partial charge on any atom is 0.251 e. The molecule has 6 nitrogen and oxygen atoms in total. The van der Waals surface area contributed by atoms with Crippen molar-refractivity contribution in [2.75, 3.05) is 24.3 Å². The molecule has 0 aliphatic heterocycles. The van der Waals surface area contributed by atoms with E-state index in [1.165, 1.54) is 24.3 Å². The predicted molar refractivity (Wildman–Crippen MR) is 117 cm³/mol. The van der Waals surface area contributed by atoms with E-state index in [1.807, 2.05) is 43.3 Å². The van der Waals surface area contributed by atoms with Gasteiger partial charge in [0.1, 0.15) is 11.6 Å². The lowest BCUT2D eigenvalue weighted by molar-refractivity contribution is 0.0926. The minimum Gasteiger partial charge on any atom is -0.362 e. The lowest BCUT2D eigenvalue weighted by Gasteiger charge is -2.30. The summed E-state index contributed by atoms with van der Waals surface area (Å²) in [6.07, 6.45) is 3.58. The molecular formula is C23H26FN5O. The van der Waals surface area contributed by atoms with Crippen LogP contribution in [0.2, 0.25) is 0 Å². The highest BCUT2D eigenvalue weighted by molar-refractivity contribution is 5.94. The lowest BCUT2D eigenvalue weighted by atomic mass is 9.91. The number of hydrogen-bond acceptors (Lipinski definition) is 5. The molecule has 0 unspecified atom stereocenters. The van der Waals surface area contributed by atoms with Crippen molar-refractivity contribution in [2.45, 2.75) is 37.8 Å². The fraction of sp³-hybridized carbons (Fsp3) is 0.348. The monoisotopic (exact) mass is 407 g/mol. The number of anilines is 2. The van der Waals surface area contributed by atoms with E-state index in [0.29, 0.717) is 11.5 Å². The van der Waals surface area contributed by atoms with Gasteiger partial charge in [-0.1, -0.05) is 12.1 Å². The molecule has 1 amide bonds. The molecule has 156 valence electrons. The third-order valence-corrected chi connectivity index (χ3v) is 5.51. The normalized spacial score (nSPS) is 18.8. The molecule has 1 aliphatic carbocycles. The van der Waals surface area contributed by atoms with Gasteiger partial charge in [-0.05, 0) is 62.1 Å². The van der Waals surface area contributed by atoms with Gasteiger partial charge in [0.25, 0.3) is 5.91 Å². The Hall–Kier alpha value is -3.22. The van der Waals surface area contributed by atoms with Crippen LogP contribution in [0.25, 0.3) is 10.9 Å². The summed E-state index contributed by atoms with van der Waals surface area (Å²) < 4.78 is 13.0. The van der Waals surface area contributed by atoms with Crippen molar-refractivity contribution in [3.8, 4) is 0 Å². The molecule has 0 atom stereocenters. The Bertz CT molecular complexity index is 1030. The highest BCUT2D eigenvalue weighted by Crippen LogP contribution is 2.26. The second-order valence-corrected chi connectivity index (χ2v) is 7.96. The van der Waals surface area contributed by atoms with Crippen LogP contribution in [0.1, 0.15) is 36.0 Å². The first-order chi connectivity index (χ1) is 14.5. The minimum atomic E-state index is -0.341. The van der Waals surface area contributed by atoms with Crippen molar-refractivity contribution in [3.05, 3.63) is 59.9 Å². The van der Waals surface area contributed by atoms with Gasteiger partial charge in [0.05, 0.1) is 5.52 Å². The first kappa shape index (κ1) is 20.1. The summed E-state index contributed by atoms with van der Waals surface area (Å²) in [5.74, 6) is 1.03. The van der Waals surface area contributed by atoms with Gasteiger partial charge in [-0.3, -0.25) is 4.79 Å². The molecule has 1 saturated carbocycles. The molecule has 0 bridgehead atoms. The number of nitrogens with zero attached hydrogens (tertiary/aromatic N) is 3. The van der Waals surface area contributed by atoms with Gasteiger partial charge >= 0.3 is 0 Å². The number of hydrogen-bond donors (Lipinski definition) is 2.